The van der Waals surface area contributed by atoms with Crippen molar-refractivity contribution < 1.29 is 22.6 Å². The number of ether oxygens (including phenoxy) is 2. The summed E-state index contributed by atoms with van der Waals surface area (Å²) in [6, 6.07) is 13.9. The summed E-state index contributed by atoms with van der Waals surface area (Å²) >= 11 is 0. The number of fused-ring (bicyclic) bond motifs is 1. The van der Waals surface area contributed by atoms with Crippen molar-refractivity contribution >= 4 is 5.84 Å². The van der Waals surface area contributed by atoms with Crippen molar-refractivity contribution in [2.24, 2.45) is 10.7 Å². The Balaban J connectivity index is 1.92. The maximum Gasteiger partial charge on any atom is 0.388 e. The molecule has 0 spiro atoms. The minimum Gasteiger partial charge on any atom is -0.493 e. The summed E-state index contributed by atoms with van der Waals surface area (Å²) in [4.78, 5) is 13.2. The van der Waals surface area contributed by atoms with Gasteiger partial charge in [0.2, 0.25) is 5.88 Å². The Bertz CT molecular complexity index is 1160. The molecule has 2 N–H and O–H groups in total. The number of nitrogens with two attached hydrogens (primary N) is 1. The second-order valence-electron chi connectivity index (χ2n) is 7.24. The van der Waals surface area contributed by atoms with E-state index in [2.05, 4.69) is 14.7 Å². The van der Waals surface area contributed by atoms with Gasteiger partial charge < -0.3 is 15.2 Å². The first-order chi connectivity index (χ1) is 15.4. The van der Waals surface area contributed by atoms with Crippen LogP contribution in [0.15, 0.2) is 59.7 Å². The molecule has 0 aliphatic carbocycles. The molecule has 1 aliphatic heterocycles. The van der Waals surface area contributed by atoms with Gasteiger partial charge in [0.15, 0.2) is 0 Å². The Labute approximate surface area is 182 Å². The van der Waals surface area contributed by atoms with Crippen molar-refractivity contribution in [1.29, 1.82) is 0 Å². The topological polar surface area (TPSA) is 82.6 Å². The van der Waals surface area contributed by atoms with Crippen molar-refractivity contribution in [2.75, 3.05) is 13.3 Å². The smallest absolute Gasteiger partial charge is 0.388 e. The van der Waals surface area contributed by atoms with E-state index in [1.807, 2.05) is 12.1 Å². The van der Waals surface area contributed by atoms with Crippen LogP contribution in [0, 0.1) is 6.92 Å². The number of aliphatic imine (C=N–C) groups is 1. The third-order valence-electron chi connectivity index (χ3n) is 5.08. The second-order valence-corrected chi connectivity index (χ2v) is 7.24. The predicted octanol–water partition coefficient (Wildman–Crippen LogP) is 4.14. The highest BCUT2D eigenvalue weighted by atomic mass is 19.3. The molecule has 3 aromatic rings. The van der Waals surface area contributed by atoms with Gasteiger partial charge in [0.1, 0.15) is 22.8 Å². The summed E-state index contributed by atoms with van der Waals surface area (Å²) in [5, 5.41) is 0. The van der Waals surface area contributed by atoms with E-state index in [-0.39, 0.29) is 24.7 Å². The van der Waals surface area contributed by atoms with Gasteiger partial charge in [0.05, 0.1) is 13.3 Å². The molecule has 0 saturated heterocycles. The molecule has 1 atom stereocenters. The molecule has 0 amide bonds. The molecular formula is C23H21F3N4O2. The Morgan fingerprint density at radius 2 is 1.94 bits per heavy atom. The van der Waals surface area contributed by atoms with Crippen LogP contribution >= 0.6 is 0 Å². The van der Waals surface area contributed by atoms with Crippen molar-refractivity contribution in [3.8, 4) is 11.6 Å². The van der Waals surface area contributed by atoms with Gasteiger partial charge in [-0.2, -0.15) is 8.78 Å². The maximum absolute atomic E-state index is 12.9. The molecule has 1 unspecified atom stereocenters. The van der Waals surface area contributed by atoms with E-state index in [0.717, 1.165) is 0 Å². The molecule has 0 bridgehead atoms. The van der Waals surface area contributed by atoms with Crippen LogP contribution in [0.4, 0.5) is 13.2 Å². The number of amidine groups is 1. The molecule has 0 fully saturated rings. The number of pyridine rings is 2. The molecule has 0 saturated carbocycles. The molecule has 2 aromatic heterocycles. The molecule has 32 heavy (non-hydrogen) atoms. The summed E-state index contributed by atoms with van der Waals surface area (Å²) in [6.45, 7) is -1.60. The normalized spacial score (nSPS) is 17.2. The quantitative estimate of drug-likeness (QED) is 0.531. The minimum atomic E-state index is -3.02. The van der Waals surface area contributed by atoms with Gasteiger partial charge in [0, 0.05) is 29.9 Å². The standard InChI is InChI=1S/C23H21F3N4O2/c1-14-11-16(13-19(29-14)32-22(25)26)23(18-7-3-9-28-20(18)21(27)30-23)15-5-2-6-17(12-15)31-10-4-8-24/h2-3,5-7,9,11-13,22H,4,8,10H2,1H3,(H2,27,30). The largest absolute Gasteiger partial charge is 0.493 e. The number of hydrogen-bond donors (Lipinski definition) is 1. The first-order valence-corrected chi connectivity index (χ1v) is 9.98. The lowest BCUT2D eigenvalue weighted by Gasteiger charge is -2.29. The average Bonchev–Trinajstić information content (AvgIpc) is 3.07. The fourth-order valence-corrected chi connectivity index (χ4v) is 3.86. The lowest BCUT2D eigenvalue weighted by atomic mass is 9.78. The highest BCUT2D eigenvalue weighted by molar-refractivity contribution is 6.01. The average molecular weight is 442 g/mol. The van der Waals surface area contributed by atoms with Crippen molar-refractivity contribution in [3.63, 3.8) is 0 Å². The number of alkyl halides is 3. The molecule has 1 aliphatic rings. The zero-order chi connectivity index (χ0) is 22.7. The Morgan fingerprint density at radius 1 is 1.09 bits per heavy atom. The van der Waals surface area contributed by atoms with Crippen molar-refractivity contribution in [3.05, 3.63) is 82.8 Å². The highest BCUT2D eigenvalue weighted by Gasteiger charge is 2.44. The summed E-state index contributed by atoms with van der Waals surface area (Å²) in [7, 11) is 0. The number of halogens is 3. The number of hydrogen-bond acceptors (Lipinski definition) is 6. The number of benzene rings is 1. The summed E-state index contributed by atoms with van der Waals surface area (Å²) in [6.07, 6.45) is 1.88. The van der Waals surface area contributed by atoms with Gasteiger partial charge in [-0.25, -0.2) is 9.98 Å². The van der Waals surface area contributed by atoms with Crippen LogP contribution in [0.2, 0.25) is 0 Å². The van der Waals surface area contributed by atoms with E-state index >= 15 is 0 Å². The third-order valence-corrected chi connectivity index (χ3v) is 5.08. The third kappa shape index (κ3) is 3.98. The molecule has 9 heteroatoms. The SMILES string of the molecule is Cc1cc(C2(c3cccc(OCCCF)c3)N=C(N)c3ncccc32)cc(OC(F)F)n1. The van der Waals surface area contributed by atoms with Crippen LogP contribution in [-0.2, 0) is 5.54 Å². The van der Waals surface area contributed by atoms with Gasteiger partial charge in [-0.05, 0) is 42.3 Å². The lowest BCUT2D eigenvalue weighted by Crippen LogP contribution is -2.26. The number of nitrogens with zero attached hydrogens (tertiary/aromatic N) is 3. The van der Waals surface area contributed by atoms with Crippen LogP contribution in [0.1, 0.15) is 34.5 Å². The first-order valence-electron chi connectivity index (χ1n) is 9.98. The summed E-state index contributed by atoms with van der Waals surface area (Å²) < 4.78 is 48.6. The predicted molar refractivity (Wildman–Crippen MR) is 113 cm³/mol. The molecule has 0 radical (unpaired) electrons. The Hall–Kier alpha value is -3.62. The van der Waals surface area contributed by atoms with E-state index in [0.29, 0.717) is 33.8 Å². The number of rotatable bonds is 8. The van der Waals surface area contributed by atoms with Gasteiger partial charge in [-0.15, -0.1) is 0 Å². The number of aryl methyl sites for hydroxylation is 1. The second kappa shape index (κ2) is 8.86. The van der Waals surface area contributed by atoms with Crippen LogP contribution in [0.3, 0.4) is 0 Å². The van der Waals surface area contributed by atoms with E-state index in [4.69, 9.17) is 15.5 Å². The lowest BCUT2D eigenvalue weighted by molar-refractivity contribution is -0.0529. The van der Waals surface area contributed by atoms with Crippen molar-refractivity contribution in [2.45, 2.75) is 25.5 Å². The monoisotopic (exact) mass is 442 g/mol. The Kier molecular flexibility index (Phi) is 5.98. The molecule has 166 valence electrons. The van der Waals surface area contributed by atoms with Crippen LogP contribution in [0.25, 0.3) is 0 Å². The maximum atomic E-state index is 12.9. The van der Waals surface area contributed by atoms with Crippen LogP contribution < -0.4 is 15.2 Å². The molecule has 3 heterocycles. The molecule has 4 rings (SSSR count). The summed E-state index contributed by atoms with van der Waals surface area (Å²) in [5.74, 6) is 0.516. The van der Waals surface area contributed by atoms with E-state index in [9.17, 15) is 13.2 Å². The number of aromatic nitrogens is 2. The zero-order valence-corrected chi connectivity index (χ0v) is 17.3. The van der Waals surface area contributed by atoms with E-state index < -0.39 is 18.8 Å². The molecular weight excluding hydrogens is 421 g/mol. The molecule has 1 aromatic carbocycles. The van der Waals surface area contributed by atoms with Crippen LogP contribution in [0.5, 0.6) is 11.6 Å². The van der Waals surface area contributed by atoms with Crippen LogP contribution in [-0.4, -0.2) is 35.7 Å². The first kappa shape index (κ1) is 21.6. The van der Waals surface area contributed by atoms with Gasteiger partial charge in [0.25, 0.3) is 0 Å². The fraction of sp³-hybridized carbons (Fsp3) is 0.261. The van der Waals surface area contributed by atoms with Gasteiger partial charge in [-0.1, -0.05) is 18.2 Å². The van der Waals surface area contributed by atoms with E-state index in [1.54, 1.807) is 43.5 Å². The zero-order valence-electron chi connectivity index (χ0n) is 17.3. The molecule has 6 nitrogen and oxygen atoms in total. The minimum absolute atomic E-state index is 0.218. The Morgan fingerprint density at radius 3 is 2.72 bits per heavy atom. The van der Waals surface area contributed by atoms with Gasteiger partial charge in [-0.3, -0.25) is 9.37 Å². The fourth-order valence-electron chi connectivity index (χ4n) is 3.86. The summed E-state index contributed by atoms with van der Waals surface area (Å²) in [5.41, 5.74) is 7.94. The highest BCUT2D eigenvalue weighted by Crippen LogP contribution is 2.46. The van der Waals surface area contributed by atoms with Gasteiger partial charge >= 0.3 is 6.61 Å². The van der Waals surface area contributed by atoms with Crippen molar-refractivity contribution in [1.82, 2.24) is 9.97 Å². The van der Waals surface area contributed by atoms with E-state index in [1.165, 1.54) is 6.07 Å².